The monoisotopic (exact) mass is 476 g/mol. The van der Waals surface area contributed by atoms with Crippen LogP contribution in [0.2, 0.25) is 0 Å². The van der Waals surface area contributed by atoms with Crippen molar-refractivity contribution in [3.05, 3.63) is 89.5 Å². The fourth-order valence-corrected chi connectivity index (χ4v) is 3.40. The first kappa shape index (κ1) is 26.0. The van der Waals surface area contributed by atoms with Gasteiger partial charge in [0.2, 0.25) is 0 Å². The van der Waals surface area contributed by atoms with E-state index in [4.69, 9.17) is 19.3 Å². The van der Waals surface area contributed by atoms with E-state index in [9.17, 15) is 9.59 Å². The lowest BCUT2D eigenvalue weighted by Crippen LogP contribution is -2.09. The van der Waals surface area contributed by atoms with Crippen molar-refractivity contribution in [1.82, 2.24) is 0 Å². The zero-order chi connectivity index (χ0) is 24.9. The van der Waals surface area contributed by atoms with Crippen LogP contribution in [-0.2, 0) is 0 Å². The van der Waals surface area contributed by atoms with Crippen LogP contribution in [0.3, 0.4) is 0 Å². The molecule has 0 spiro atoms. The van der Waals surface area contributed by atoms with Gasteiger partial charge in [-0.25, -0.2) is 9.59 Å². The summed E-state index contributed by atoms with van der Waals surface area (Å²) in [7, 11) is 0. The maximum Gasteiger partial charge on any atom is 0.343 e. The van der Waals surface area contributed by atoms with Crippen LogP contribution in [0.4, 0.5) is 0 Å². The molecule has 6 heteroatoms. The van der Waals surface area contributed by atoms with Gasteiger partial charge in [-0.05, 0) is 80.4 Å². The van der Waals surface area contributed by atoms with Gasteiger partial charge >= 0.3 is 11.9 Å². The molecule has 1 N–H and O–H groups in total. The number of aliphatic hydroxyl groups is 1. The molecule has 3 aromatic rings. The van der Waals surface area contributed by atoms with Gasteiger partial charge in [0.05, 0.1) is 17.7 Å². The van der Waals surface area contributed by atoms with Crippen molar-refractivity contribution in [2.75, 3.05) is 13.2 Å². The number of benzene rings is 3. The van der Waals surface area contributed by atoms with Crippen molar-refractivity contribution in [3.63, 3.8) is 0 Å². The molecule has 0 fully saturated rings. The molecule has 6 nitrogen and oxygen atoms in total. The van der Waals surface area contributed by atoms with Crippen LogP contribution in [-0.4, -0.2) is 30.3 Å². The summed E-state index contributed by atoms with van der Waals surface area (Å²) < 4.78 is 16.5. The summed E-state index contributed by atoms with van der Waals surface area (Å²) in [6.45, 7) is 2.85. The van der Waals surface area contributed by atoms with E-state index in [2.05, 4.69) is 0 Å². The van der Waals surface area contributed by atoms with Gasteiger partial charge in [-0.15, -0.1) is 0 Å². The maximum absolute atomic E-state index is 12.4. The van der Waals surface area contributed by atoms with Crippen molar-refractivity contribution in [2.24, 2.45) is 0 Å². The van der Waals surface area contributed by atoms with Gasteiger partial charge < -0.3 is 19.3 Å². The molecule has 0 aliphatic rings. The molecule has 0 aromatic heterocycles. The van der Waals surface area contributed by atoms with E-state index < -0.39 is 11.9 Å². The number of hydrogen-bond donors (Lipinski definition) is 1. The molecule has 0 saturated heterocycles. The number of carbonyl (C=O) groups is 2. The largest absolute Gasteiger partial charge is 0.494 e. The fraction of sp³-hybridized carbons (Fsp3) is 0.310. The Hall–Kier alpha value is -3.64. The number of carbonyl (C=O) groups excluding carboxylic acids is 2. The molecule has 184 valence electrons. The van der Waals surface area contributed by atoms with Crippen LogP contribution in [0.1, 0.15) is 64.8 Å². The summed E-state index contributed by atoms with van der Waals surface area (Å²) in [5.41, 5.74) is 1.94. The van der Waals surface area contributed by atoms with E-state index >= 15 is 0 Å². The van der Waals surface area contributed by atoms with Gasteiger partial charge in [0.25, 0.3) is 0 Å². The minimum absolute atomic E-state index is 0.269. The Kier molecular flexibility index (Phi) is 10.3. The Balaban J connectivity index is 1.41. The highest BCUT2D eigenvalue weighted by Crippen LogP contribution is 2.21. The van der Waals surface area contributed by atoms with Crippen LogP contribution in [0.15, 0.2) is 72.8 Å². The number of rotatable bonds is 13. The highest BCUT2D eigenvalue weighted by molar-refractivity contribution is 5.92. The third-order valence-corrected chi connectivity index (χ3v) is 5.44. The molecule has 35 heavy (non-hydrogen) atoms. The van der Waals surface area contributed by atoms with Gasteiger partial charge in [0, 0.05) is 6.61 Å². The molecule has 3 rings (SSSR count). The predicted molar refractivity (Wildman–Crippen MR) is 134 cm³/mol. The number of unbranched alkanes of at least 4 members (excludes halogenated alkanes) is 5. The SMILES string of the molecule is Cc1ccc(C(=O)Oc2ccc(OC(=O)c3ccc(OCCCCCCCCO)cc3)cc2)cc1. The molecule has 0 aliphatic carbocycles. The predicted octanol–water partition coefficient (Wildman–Crippen LogP) is 6.15. The highest BCUT2D eigenvalue weighted by Gasteiger charge is 2.11. The van der Waals surface area contributed by atoms with Crippen LogP contribution >= 0.6 is 0 Å². The Morgan fingerprint density at radius 1 is 0.600 bits per heavy atom. The summed E-state index contributed by atoms with van der Waals surface area (Å²) in [5, 5.41) is 8.77. The van der Waals surface area contributed by atoms with Crippen molar-refractivity contribution in [1.29, 1.82) is 0 Å². The first-order valence-corrected chi connectivity index (χ1v) is 12.0. The van der Waals surface area contributed by atoms with Crippen LogP contribution in [0.5, 0.6) is 17.2 Å². The van der Waals surface area contributed by atoms with Gasteiger partial charge in [0.1, 0.15) is 17.2 Å². The van der Waals surface area contributed by atoms with E-state index in [-0.39, 0.29) is 6.61 Å². The Morgan fingerprint density at radius 3 is 1.54 bits per heavy atom. The number of ether oxygens (including phenoxy) is 3. The second-order valence-corrected chi connectivity index (χ2v) is 8.33. The third-order valence-electron chi connectivity index (χ3n) is 5.44. The van der Waals surface area contributed by atoms with Crippen LogP contribution in [0.25, 0.3) is 0 Å². The molecule has 0 bridgehead atoms. The average Bonchev–Trinajstić information content (AvgIpc) is 2.87. The summed E-state index contributed by atoms with van der Waals surface area (Å²) in [5.74, 6) is 0.493. The smallest absolute Gasteiger partial charge is 0.343 e. The topological polar surface area (TPSA) is 82.1 Å². The number of hydrogen-bond acceptors (Lipinski definition) is 6. The number of esters is 2. The molecule has 0 saturated carbocycles. The summed E-state index contributed by atoms with van der Waals surface area (Å²) in [6, 6.07) is 20.3. The first-order valence-electron chi connectivity index (χ1n) is 12.0. The van der Waals surface area contributed by atoms with E-state index in [1.165, 1.54) is 0 Å². The number of aryl methyl sites for hydroxylation is 1. The Morgan fingerprint density at radius 2 is 1.03 bits per heavy atom. The van der Waals surface area contributed by atoms with E-state index in [0.717, 1.165) is 44.1 Å². The number of aliphatic hydroxyl groups excluding tert-OH is 1. The minimum atomic E-state index is -0.483. The molecular formula is C29H32O6. The zero-order valence-electron chi connectivity index (χ0n) is 20.1. The average molecular weight is 477 g/mol. The van der Waals surface area contributed by atoms with Gasteiger partial charge in [-0.3, -0.25) is 0 Å². The lowest BCUT2D eigenvalue weighted by Gasteiger charge is -2.08. The van der Waals surface area contributed by atoms with Crippen LogP contribution < -0.4 is 14.2 Å². The zero-order valence-corrected chi connectivity index (χ0v) is 20.1. The summed E-state index contributed by atoms with van der Waals surface area (Å²) in [6.07, 6.45) is 6.29. The lowest BCUT2D eigenvalue weighted by molar-refractivity contribution is 0.0719. The van der Waals surface area contributed by atoms with Crippen LogP contribution in [0, 0.1) is 6.92 Å². The minimum Gasteiger partial charge on any atom is -0.494 e. The lowest BCUT2D eigenvalue weighted by atomic mass is 10.1. The quantitative estimate of drug-likeness (QED) is 0.181. The molecule has 3 aromatic carbocycles. The summed E-state index contributed by atoms with van der Waals surface area (Å²) >= 11 is 0. The Bertz CT molecular complexity index is 1060. The van der Waals surface area contributed by atoms with E-state index in [0.29, 0.717) is 35.0 Å². The molecule has 0 aliphatic heterocycles. The van der Waals surface area contributed by atoms with Gasteiger partial charge in [-0.1, -0.05) is 43.4 Å². The summed E-state index contributed by atoms with van der Waals surface area (Å²) in [4.78, 5) is 24.7. The molecule has 0 amide bonds. The van der Waals surface area contributed by atoms with E-state index in [1.807, 2.05) is 19.1 Å². The van der Waals surface area contributed by atoms with Crippen molar-refractivity contribution < 1.29 is 28.9 Å². The van der Waals surface area contributed by atoms with Gasteiger partial charge in [-0.2, -0.15) is 0 Å². The first-order chi connectivity index (χ1) is 17.0. The second kappa shape index (κ2) is 13.9. The molecule has 0 atom stereocenters. The molecule has 0 heterocycles. The molecule has 0 radical (unpaired) electrons. The second-order valence-electron chi connectivity index (χ2n) is 8.33. The Labute approximate surface area is 206 Å². The highest BCUT2D eigenvalue weighted by atomic mass is 16.5. The van der Waals surface area contributed by atoms with Crippen molar-refractivity contribution in [3.8, 4) is 17.2 Å². The van der Waals surface area contributed by atoms with Crippen molar-refractivity contribution in [2.45, 2.75) is 45.4 Å². The third kappa shape index (κ3) is 8.91. The normalized spacial score (nSPS) is 10.6. The van der Waals surface area contributed by atoms with Crippen molar-refractivity contribution >= 4 is 11.9 Å². The molecule has 0 unspecified atom stereocenters. The fourth-order valence-electron chi connectivity index (χ4n) is 3.40. The standard InChI is InChI=1S/C29H32O6/c1-22-8-10-23(11-9-22)28(31)34-26-16-18-27(19-17-26)35-29(32)24-12-14-25(15-13-24)33-21-7-5-3-2-4-6-20-30/h8-19,30H,2-7,20-21H2,1H3. The maximum atomic E-state index is 12.4. The van der Waals surface area contributed by atoms with E-state index in [1.54, 1.807) is 60.7 Å². The van der Waals surface area contributed by atoms with Gasteiger partial charge in [0.15, 0.2) is 0 Å². The molecular weight excluding hydrogens is 444 g/mol.